The fourth-order valence-electron chi connectivity index (χ4n) is 1.35. The molecule has 2 heterocycles. The number of hydrogen-bond acceptors (Lipinski definition) is 2. The van der Waals surface area contributed by atoms with E-state index in [0.29, 0.717) is 6.04 Å². The van der Waals surface area contributed by atoms with E-state index in [4.69, 9.17) is 0 Å². The Hall–Kier alpha value is -0.960. The first-order chi connectivity index (χ1) is 5.47. The van der Waals surface area contributed by atoms with E-state index >= 15 is 0 Å². The lowest BCUT2D eigenvalue weighted by molar-refractivity contribution is 0.613. The molecule has 1 aromatic heterocycles. The van der Waals surface area contributed by atoms with Gasteiger partial charge in [0.2, 0.25) is 0 Å². The second-order valence-electron chi connectivity index (χ2n) is 2.69. The summed E-state index contributed by atoms with van der Waals surface area (Å²) in [4.78, 5) is 8.21. The molecule has 1 aliphatic heterocycles. The Morgan fingerprint density at radius 1 is 1.36 bits per heavy atom. The summed E-state index contributed by atoms with van der Waals surface area (Å²) in [6.45, 7) is 0.987. The zero-order chi connectivity index (χ0) is 7.52. The van der Waals surface area contributed by atoms with Gasteiger partial charge in [-0.25, -0.2) is 5.32 Å². The maximum atomic E-state index is 4.40. The molecule has 11 heavy (non-hydrogen) atoms. The third-order valence-electron chi connectivity index (χ3n) is 1.91. The number of hydrogen-bond donors (Lipinski definition) is 0. The number of rotatable bonds is 1. The van der Waals surface area contributed by atoms with E-state index < -0.39 is 0 Å². The minimum Gasteiger partial charge on any atom is -0.261 e. The van der Waals surface area contributed by atoms with Gasteiger partial charge in [-0.2, -0.15) is 0 Å². The molecule has 1 saturated heterocycles. The van der Waals surface area contributed by atoms with Crippen molar-refractivity contribution in [3.8, 4) is 0 Å². The van der Waals surface area contributed by atoms with Gasteiger partial charge in [0.15, 0.2) is 0 Å². The van der Waals surface area contributed by atoms with Crippen molar-refractivity contribution in [3.63, 3.8) is 0 Å². The highest BCUT2D eigenvalue weighted by atomic mass is 15.0. The molecule has 1 aliphatic rings. The zero-order valence-electron chi connectivity index (χ0n) is 6.27. The topological polar surface area (TPSA) is 39.9 Å². The predicted octanol–water partition coefficient (Wildman–Crippen LogP) is 0.916. The van der Waals surface area contributed by atoms with E-state index in [2.05, 4.69) is 15.3 Å². The largest absolute Gasteiger partial charge is 0.261 e. The summed E-state index contributed by atoms with van der Waals surface area (Å²) in [6.07, 6.45) is 7.56. The average Bonchev–Trinajstić information content (AvgIpc) is 2.58. The fraction of sp³-hybridized carbons (Fsp3) is 0.500. The van der Waals surface area contributed by atoms with Crippen LogP contribution in [0.25, 0.3) is 0 Å². The molecule has 0 spiro atoms. The van der Waals surface area contributed by atoms with Crippen LogP contribution in [0.3, 0.4) is 0 Å². The Bertz CT molecular complexity index is 216. The van der Waals surface area contributed by atoms with Crippen LogP contribution >= 0.6 is 0 Å². The highest BCUT2D eigenvalue weighted by molar-refractivity contribution is 5.03. The second-order valence-corrected chi connectivity index (χ2v) is 2.69. The Morgan fingerprint density at radius 3 is 3.00 bits per heavy atom. The molecule has 57 valence electrons. The Morgan fingerprint density at radius 2 is 2.36 bits per heavy atom. The maximum Gasteiger partial charge on any atom is 0.0772 e. The van der Waals surface area contributed by atoms with Gasteiger partial charge >= 0.3 is 0 Å². The van der Waals surface area contributed by atoms with E-state index in [-0.39, 0.29) is 0 Å². The van der Waals surface area contributed by atoms with Crippen LogP contribution in [-0.4, -0.2) is 16.5 Å². The molecule has 3 nitrogen and oxygen atoms in total. The van der Waals surface area contributed by atoms with Crippen LogP contribution in [0.5, 0.6) is 0 Å². The van der Waals surface area contributed by atoms with Gasteiger partial charge in [0.05, 0.1) is 17.9 Å². The van der Waals surface area contributed by atoms with Crippen molar-refractivity contribution in [1.29, 1.82) is 0 Å². The average molecular weight is 148 g/mol. The molecule has 0 aromatic carbocycles. The first kappa shape index (κ1) is 6.73. The molecule has 1 unspecified atom stereocenters. The van der Waals surface area contributed by atoms with Crippen molar-refractivity contribution in [3.05, 3.63) is 24.3 Å². The molecular formula is C8H10N3. The molecule has 1 aromatic rings. The molecule has 0 bridgehead atoms. The van der Waals surface area contributed by atoms with Gasteiger partial charge < -0.3 is 0 Å². The van der Waals surface area contributed by atoms with Crippen LogP contribution in [-0.2, 0) is 0 Å². The molecule has 1 fully saturated rings. The summed E-state index contributed by atoms with van der Waals surface area (Å²) in [5.41, 5.74) is 1.02. The van der Waals surface area contributed by atoms with Gasteiger partial charge in [0.25, 0.3) is 0 Å². The molecule has 0 N–H and O–H groups in total. The Kier molecular flexibility index (Phi) is 1.81. The molecule has 1 radical (unpaired) electrons. The molecular weight excluding hydrogens is 138 g/mol. The predicted molar refractivity (Wildman–Crippen MR) is 41.0 cm³/mol. The van der Waals surface area contributed by atoms with E-state index in [1.807, 2.05) is 0 Å². The van der Waals surface area contributed by atoms with Crippen LogP contribution in [0.2, 0.25) is 0 Å². The monoisotopic (exact) mass is 148 g/mol. The quantitative estimate of drug-likeness (QED) is 0.594. The van der Waals surface area contributed by atoms with Crippen LogP contribution in [0.4, 0.5) is 0 Å². The summed E-state index contributed by atoms with van der Waals surface area (Å²) >= 11 is 0. The van der Waals surface area contributed by atoms with Gasteiger partial charge in [-0.3, -0.25) is 9.97 Å². The van der Waals surface area contributed by atoms with Crippen molar-refractivity contribution in [2.45, 2.75) is 18.9 Å². The normalized spacial score (nSPS) is 23.8. The third kappa shape index (κ3) is 1.38. The summed E-state index contributed by atoms with van der Waals surface area (Å²) < 4.78 is 0. The molecule has 1 atom stereocenters. The van der Waals surface area contributed by atoms with Crippen LogP contribution in [0.15, 0.2) is 18.6 Å². The van der Waals surface area contributed by atoms with Crippen LogP contribution in [0.1, 0.15) is 24.6 Å². The van der Waals surface area contributed by atoms with E-state index in [1.54, 1.807) is 18.6 Å². The standard InChI is InChI=1S/C8H10N3/c1-2-7(10-3-1)8-6-9-4-5-11-8/h4-7H,1-3H2. The lowest BCUT2D eigenvalue weighted by atomic mass is 10.2. The number of aromatic nitrogens is 2. The van der Waals surface area contributed by atoms with E-state index in [9.17, 15) is 0 Å². The van der Waals surface area contributed by atoms with Gasteiger partial charge in [0, 0.05) is 18.9 Å². The van der Waals surface area contributed by atoms with Crippen LogP contribution < -0.4 is 5.32 Å². The molecule has 0 aliphatic carbocycles. The van der Waals surface area contributed by atoms with Gasteiger partial charge in [-0.1, -0.05) is 0 Å². The zero-order valence-corrected chi connectivity index (χ0v) is 6.27. The summed E-state index contributed by atoms with van der Waals surface area (Å²) in [5, 5.41) is 4.40. The number of nitrogens with zero attached hydrogens (tertiary/aromatic N) is 3. The van der Waals surface area contributed by atoms with E-state index in [1.165, 1.54) is 6.42 Å². The fourth-order valence-corrected chi connectivity index (χ4v) is 1.35. The maximum absolute atomic E-state index is 4.40. The highest BCUT2D eigenvalue weighted by Gasteiger charge is 2.18. The van der Waals surface area contributed by atoms with Crippen molar-refractivity contribution in [2.75, 3.05) is 6.54 Å². The van der Waals surface area contributed by atoms with Crippen molar-refractivity contribution in [1.82, 2.24) is 15.3 Å². The minimum atomic E-state index is 0.323. The van der Waals surface area contributed by atoms with Gasteiger partial charge in [0.1, 0.15) is 0 Å². The molecule has 0 amide bonds. The van der Waals surface area contributed by atoms with Crippen molar-refractivity contribution >= 4 is 0 Å². The molecule has 0 saturated carbocycles. The van der Waals surface area contributed by atoms with Crippen molar-refractivity contribution < 1.29 is 0 Å². The minimum absolute atomic E-state index is 0.323. The summed E-state index contributed by atoms with van der Waals surface area (Å²) in [5.74, 6) is 0. The summed E-state index contributed by atoms with van der Waals surface area (Å²) in [7, 11) is 0. The van der Waals surface area contributed by atoms with Crippen molar-refractivity contribution in [2.24, 2.45) is 0 Å². The second kappa shape index (κ2) is 2.96. The van der Waals surface area contributed by atoms with E-state index in [0.717, 1.165) is 18.7 Å². The first-order valence-corrected chi connectivity index (χ1v) is 3.89. The van der Waals surface area contributed by atoms with Gasteiger partial charge in [-0.15, -0.1) is 0 Å². The molecule has 3 heteroatoms. The first-order valence-electron chi connectivity index (χ1n) is 3.89. The summed E-state index contributed by atoms with van der Waals surface area (Å²) in [6, 6.07) is 0.323. The third-order valence-corrected chi connectivity index (χ3v) is 1.91. The Balaban J connectivity index is 2.16. The van der Waals surface area contributed by atoms with Gasteiger partial charge in [-0.05, 0) is 12.8 Å². The lowest BCUT2D eigenvalue weighted by Gasteiger charge is -2.04. The van der Waals surface area contributed by atoms with Crippen LogP contribution in [0, 0.1) is 0 Å². The SMILES string of the molecule is c1cnc(C2CCC[N]2)cn1. The smallest absolute Gasteiger partial charge is 0.0772 e. The Labute approximate surface area is 65.9 Å². The lowest BCUT2D eigenvalue weighted by Crippen LogP contribution is -2.06. The highest BCUT2D eigenvalue weighted by Crippen LogP contribution is 2.21. The molecule has 2 rings (SSSR count).